The molecule has 1 amide bonds. The second kappa shape index (κ2) is 8.54. The maximum Gasteiger partial charge on any atom is 0.252 e. The van der Waals surface area contributed by atoms with Gasteiger partial charge in [0.25, 0.3) is 10.0 Å². The molecular weight excluding hydrogens is 380 g/mol. The lowest BCUT2D eigenvalue weighted by atomic mass is 10.0. The van der Waals surface area contributed by atoms with E-state index in [2.05, 4.69) is 24.4 Å². The second-order valence-corrected chi connectivity index (χ2v) is 10.2. The topological polar surface area (TPSA) is 66.5 Å². The van der Waals surface area contributed by atoms with Crippen molar-refractivity contribution in [3.05, 3.63) is 52.4 Å². The number of hydrogen-bond acceptors (Lipinski definition) is 4. The summed E-state index contributed by atoms with van der Waals surface area (Å²) in [5.41, 5.74) is 2.33. The largest absolute Gasteiger partial charge is 0.349 e. The maximum atomic E-state index is 12.6. The first-order chi connectivity index (χ1) is 12.9. The van der Waals surface area contributed by atoms with Gasteiger partial charge in [-0.3, -0.25) is 4.79 Å². The van der Waals surface area contributed by atoms with Crippen LogP contribution in [0.15, 0.2) is 40.6 Å². The van der Waals surface area contributed by atoms with Gasteiger partial charge in [-0.25, -0.2) is 8.42 Å². The molecule has 0 saturated carbocycles. The molecule has 2 heterocycles. The number of carbonyl (C=O) groups is 1. The first-order valence-electron chi connectivity index (χ1n) is 9.37. The summed E-state index contributed by atoms with van der Waals surface area (Å²) in [6.45, 7) is 5.24. The van der Waals surface area contributed by atoms with Crippen molar-refractivity contribution in [2.45, 2.75) is 49.8 Å². The third-order valence-corrected chi connectivity index (χ3v) is 8.35. The SMILES string of the molecule is CCc1ccc(C(C)NC(=O)Cc2ccc(S(=O)(=O)N3CCCC3)s2)cc1. The van der Waals surface area contributed by atoms with Gasteiger partial charge in [-0.15, -0.1) is 11.3 Å². The van der Waals surface area contributed by atoms with Crippen LogP contribution >= 0.6 is 11.3 Å². The Hall–Kier alpha value is -1.70. The fraction of sp³-hybridized carbons (Fsp3) is 0.450. The lowest BCUT2D eigenvalue weighted by Crippen LogP contribution is -2.28. The van der Waals surface area contributed by atoms with E-state index >= 15 is 0 Å². The number of nitrogens with one attached hydrogen (secondary N) is 1. The van der Waals surface area contributed by atoms with Crippen LogP contribution < -0.4 is 5.32 Å². The molecule has 1 aromatic heterocycles. The summed E-state index contributed by atoms with van der Waals surface area (Å²) in [5.74, 6) is -0.103. The summed E-state index contributed by atoms with van der Waals surface area (Å²) in [6, 6.07) is 11.5. The summed E-state index contributed by atoms with van der Waals surface area (Å²) in [4.78, 5) is 13.1. The lowest BCUT2D eigenvalue weighted by Gasteiger charge is -2.15. The Morgan fingerprint density at radius 3 is 2.44 bits per heavy atom. The maximum absolute atomic E-state index is 12.6. The van der Waals surface area contributed by atoms with Gasteiger partial charge in [0.1, 0.15) is 4.21 Å². The van der Waals surface area contributed by atoms with E-state index in [0.29, 0.717) is 17.3 Å². The molecule has 5 nitrogen and oxygen atoms in total. The highest BCUT2D eigenvalue weighted by molar-refractivity contribution is 7.91. The number of benzene rings is 1. The van der Waals surface area contributed by atoms with Crippen molar-refractivity contribution in [1.29, 1.82) is 0 Å². The minimum absolute atomic E-state index is 0.0869. The smallest absolute Gasteiger partial charge is 0.252 e. The monoisotopic (exact) mass is 406 g/mol. The third kappa shape index (κ3) is 4.78. The van der Waals surface area contributed by atoms with E-state index in [1.54, 1.807) is 12.1 Å². The molecule has 146 valence electrons. The van der Waals surface area contributed by atoms with Crippen LogP contribution in [0.1, 0.15) is 48.7 Å². The minimum Gasteiger partial charge on any atom is -0.349 e. The molecule has 1 aliphatic heterocycles. The van der Waals surface area contributed by atoms with E-state index < -0.39 is 10.0 Å². The van der Waals surface area contributed by atoms with Gasteiger partial charge in [0.2, 0.25) is 5.91 Å². The number of aryl methyl sites for hydroxylation is 1. The van der Waals surface area contributed by atoms with E-state index in [1.807, 2.05) is 19.1 Å². The van der Waals surface area contributed by atoms with Gasteiger partial charge in [-0.05, 0) is 49.4 Å². The van der Waals surface area contributed by atoms with E-state index in [1.165, 1.54) is 21.2 Å². The van der Waals surface area contributed by atoms with E-state index in [0.717, 1.165) is 29.7 Å². The van der Waals surface area contributed by atoms with E-state index in [-0.39, 0.29) is 18.4 Å². The Bertz CT molecular complexity index is 882. The first kappa shape index (κ1) is 20.0. The molecule has 2 aromatic rings. The Kier molecular flexibility index (Phi) is 6.34. The van der Waals surface area contributed by atoms with Crippen molar-refractivity contribution in [2.75, 3.05) is 13.1 Å². The van der Waals surface area contributed by atoms with E-state index in [4.69, 9.17) is 0 Å². The zero-order valence-electron chi connectivity index (χ0n) is 15.8. The molecule has 0 bridgehead atoms. The first-order valence-corrected chi connectivity index (χ1v) is 11.6. The molecule has 27 heavy (non-hydrogen) atoms. The molecular formula is C20H26N2O3S2. The van der Waals surface area contributed by atoms with Gasteiger partial charge in [0.05, 0.1) is 12.5 Å². The molecule has 7 heteroatoms. The van der Waals surface area contributed by atoms with Crippen LogP contribution in [-0.2, 0) is 27.7 Å². The van der Waals surface area contributed by atoms with Crippen molar-refractivity contribution >= 4 is 27.3 Å². The van der Waals surface area contributed by atoms with Gasteiger partial charge in [0.15, 0.2) is 0 Å². The average molecular weight is 407 g/mol. The van der Waals surface area contributed by atoms with Crippen molar-refractivity contribution in [3.8, 4) is 0 Å². The highest BCUT2D eigenvalue weighted by Gasteiger charge is 2.28. The van der Waals surface area contributed by atoms with Crippen LogP contribution in [0.2, 0.25) is 0 Å². The molecule has 1 N–H and O–H groups in total. The number of rotatable bonds is 7. The van der Waals surface area contributed by atoms with Crippen molar-refractivity contribution in [1.82, 2.24) is 9.62 Å². The lowest BCUT2D eigenvalue weighted by molar-refractivity contribution is -0.121. The Morgan fingerprint density at radius 2 is 1.81 bits per heavy atom. The van der Waals surface area contributed by atoms with Gasteiger partial charge in [-0.1, -0.05) is 31.2 Å². The normalized spacial score (nSPS) is 16.4. The molecule has 1 fully saturated rings. The molecule has 1 atom stereocenters. The Balaban J connectivity index is 1.60. The van der Waals surface area contributed by atoms with Crippen LogP contribution in [0.25, 0.3) is 0 Å². The minimum atomic E-state index is -3.41. The Labute approximate surface area is 165 Å². The predicted octanol–water partition coefficient (Wildman–Crippen LogP) is 3.51. The zero-order chi connectivity index (χ0) is 19.4. The Morgan fingerprint density at radius 1 is 1.15 bits per heavy atom. The summed E-state index contributed by atoms with van der Waals surface area (Å²) in [6.07, 6.45) is 3.01. The molecule has 1 aromatic carbocycles. The van der Waals surface area contributed by atoms with Gasteiger partial charge >= 0.3 is 0 Å². The van der Waals surface area contributed by atoms with Crippen molar-refractivity contribution in [3.63, 3.8) is 0 Å². The van der Waals surface area contributed by atoms with Crippen molar-refractivity contribution < 1.29 is 13.2 Å². The number of nitrogens with zero attached hydrogens (tertiary/aromatic N) is 1. The third-order valence-electron chi connectivity index (χ3n) is 4.90. The van der Waals surface area contributed by atoms with E-state index in [9.17, 15) is 13.2 Å². The van der Waals surface area contributed by atoms with Gasteiger partial charge < -0.3 is 5.32 Å². The summed E-state index contributed by atoms with van der Waals surface area (Å²) < 4.78 is 27.0. The number of hydrogen-bond donors (Lipinski definition) is 1. The molecule has 0 radical (unpaired) electrons. The van der Waals surface area contributed by atoms with Crippen LogP contribution in [0.3, 0.4) is 0 Å². The average Bonchev–Trinajstić information content (AvgIpc) is 3.34. The number of amides is 1. The highest BCUT2D eigenvalue weighted by Crippen LogP contribution is 2.27. The van der Waals surface area contributed by atoms with Crippen LogP contribution in [-0.4, -0.2) is 31.7 Å². The zero-order valence-corrected chi connectivity index (χ0v) is 17.4. The fourth-order valence-electron chi connectivity index (χ4n) is 3.22. The van der Waals surface area contributed by atoms with Gasteiger partial charge in [0, 0.05) is 18.0 Å². The molecule has 3 rings (SSSR count). The molecule has 1 unspecified atom stereocenters. The molecule has 1 saturated heterocycles. The molecule has 0 spiro atoms. The predicted molar refractivity (Wildman–Crippen MR) is 108 cm³/mol. The van der Waals surface area contributed by atoms with Crippen LogP contribution in [0.5, 0.6) is 0 Å². The molecule has 1 aliphatic rings. The van der Waals surface area contributed by atoms with Crippen molar-refractivity contribution in [2.24, 2.45) is 0 Å². The molecule has 0 aliphatic carbocycles. The standard InChI is InChI=1S/C20H26N2O3S2/c1-3-16-6-8-17(9-7-16)15(2)21-19(23)14-18-10-11-20(26-18)27(24,25)22-12-4-5-13-22/h6-11,15H,3-5,12-14H2,1-2H3,(H,21,23). The summed E-state index contributed by atoms with van der Waals surface area (Å²) >= 11 is 1.19. The van der Waals surface area contributed by atoms with Gasteiger partial charge in [-0.2, -0.15) is 4.31 Å². The summed E-state index contributed by atoms with van der Waals surface area (Å²) in [5, 5.41) is 2.99. The fourth-order valence-corrected chi connectivity index (χ4v) is 6.25. The number of thiophene rings is 1. The highest BCUT2D eigenvalue weighted by atomic mass is 32.2. The second-order valence-electron chi connectivity index (χ2n) is 6.89. The van der Waals surface area contributed by atoms with Crippen LogP contribution in [0.4, 0.5) is 0 Å². The quantitative estimate of drug-likeness (QED) is 0.765. The number of sulfonamides is 1. The van der Waals surface area contributed by atoms with Crippen LogP contribution in [0, 0.1) is 0 Å². The number of carbonyl (C=O) groups excluding carboxylic acids is 1. The summed E-state index contributed by atoms with van der Waals surface area (Å²) in [7, 11) is -3.41.